The van der Waals surface area contributed by atoms with E-state index in [4.69, 9.17) is 0 Å². The molecule has 2 aromatic carbocycles. The molecular formula is C23H19F2N3O3S2. The number of rotatable bonds is 8. The van der Waals surface area contributed by atoms with E-state index in [0.717, 1.165) is 17.7 Å². The maximum atomic E-state index is 14.2. The van der Waals surface area contributed by atoms with Gasteiger partial charge in [0.2, 0.25) is 5.91 Å². The van der Waals surface area contributed by atoms with Crippen LogP contribution in [0.5, 0.6) is 0 Å². The number of thiazole rings is 1. The Bertz CT molecular complexity index is 1380. The number of hydrogen-bond donors (Lipinski definition) is 0. The zero-order chi connectivity index (χ0) is 23.4. The molecule has 170 valence electrons. The third-order valence-corrected chi connectivity index (χ3v) is 7.79. The van der Waals surface area contributed by atoms with Crippen LogP contribution in [-0.2, 0) is 21.2 Å². The summed E-state index contributed by atoms with van der Waals surface area (Å²) >= 11 is 1.18. The summed E-state index contributed by atoms with van der Waals surface area (Å²) < 4.78 is 52.8. The molecule has 0 aliphatic carbocycles. The maximum Gasteiger partial charge on any atom is 0.229 e. The molecule has 2 heterocycles. The first-order valence-corrected chi connectivity index (χ1v) is 12.5. The van der Waals surface area contributed by atoms with Gasteiger partial charge in [0.15, 0.2) is 15.0 Å². The minimum absolute atomic E-state index is 0.00483. The largest absolute Gasteiger partial charge is 0.284 e. The number of amides is 1. The van der Waals surface area contributed by atoms with Crippen LogP contribution < -0.4 is 4.90 Å². The van der Waals surface area contributed by atoms with E-state index in [2.05, 4.69) is 9.97 Å². The lowest BCUT2D eigenvalue weighted by Crippen LogP contribution is -2.30. The standard InChI is InChI=1S/C23H19F2N3O3S2/c24-17-8-10-18(11-9-17)33(30,31)13-3-7-21(29)28(15-16-4-2-12-26-14-16)23-27-22-19(25)5-1-6-20(22)32-23/h1-2,4-6,8-12,14H,3,7,13,15H2. The molecule has 10 heteroatoms. The number of halogens is 2. The lowest BCUT2D eigenvalue weighted by Gasteiger charge is -2.20. The highest BCUT2D eigenvalue weighted by molar-refractivity contribution is 7.91. The molecule has 0 aliphatic heterocycles. The average Bonchev–Trinajstić information content (AvgIpc) is 3.23. The predicted octanol–water partition coefficient (Wildman–Crippen LogP) is 4.76. The molecule has 2 aromatic heterocycles. The molecule has 33 heavy (non-hydrogen) atoms. The van der Waals surface area contributed by atoms with Gasteiger partial charge in [-0.25, -0.2) is 22.2 Å². The van der Waals surface area contributed by atoms with Gasteiger partial charge in [0.1, 0.15) is 17.2 Å². The molecule has 0 unspecified atom stereocenters. The SMILES string of the molecule is O=C(CCCS(=O)(=O)c1ccc(F)cc1)N(Cc1cccnc1)c1nc2c(F)cccc2s1. The number of pyridine rings is 1. The van der Waals surface area contributed by atoms with Gasteiger partial charge < -0.3 is 0 Å². The summed E-state index contributed by atoms with van der Waals surface area (Å²) in [5.74, 6) is -1.61. The molecular weight excluding hydrogens is 468 g/mol. The minimum atomic E-state index is -3.66. The number of aromatic nitrogens is 2. The topological polar surface area (TPSA) is 80.2 Å². The van der Waals surface area contributed by atoms with E-state index in [-0.39, 0.29) is 41.5 Å². The highest BCUT2D eigenvalue weighted by Crippen LogP contribution is 2.31. The van der Waals surface area contributed by atoms with E-state index in [1.807, 2.05) is 0 Å². The van der Waals surface area contributed by atoms with E-state index < -0.39 is 21.5 Å². The zero-order valence-electron chi connectivity index (χ0n) is 17.3. The van der Waals surface area contributed by atoms with Crippen LogP contribution in [0.25, 0.3) is 10.2 Å². The minimum Gasteiger partial charge on any atom is -0.284 e. The number of hydrogen-bond acceptors (Lipinski definition) is 6. The fraction of sp³-hybridized carbons (Fsp3) is 0.174. The molecule has 4 rings (SSSR count). The second kappa shape index (κ2) is 9.72. The lowest BCUT2D eigenvalue weighted by atomic mass is 10.2. The summed E-state index contributed by atoms with van der Waals surface area (Å²) in [7, 11) is -3.66. The second-order valence-corrected chi connectivity index (χ2v) is 10.4. The highest BCUT2D eigenvalue weighted by Gasteiger charge is 2.22. The van der Waals surface area contributed by atoms with Gasteiger partial charge in [-0.3, -0.25) is 14.7 Å². The van der Waals surface area contributed by atoms with Crippen molar-refractivity contribution in [2.24, 2.45) is 0 Å². The van der Waals surface area contributed by atoms with Crippen LogP contribution in [0.1, 0.15) is 18.4 Å². The van der Waals surface area contributed by atoms with Gasteiger partial charge in [-0.1, -0.05) is 23.5 Å². The predicted molar refractivity (Wildman–Crippen MR) is 123 cm³/mol. The molecule has 0 atom stereocenters. The fourth-order valence-electron chi connectivity index (χ4n) is 3.26. The number of benzene rings is 2. The van der Waals surface area contributed by atoms with Crippen LogP contribution in [-0.4, -0.2) is 30.0 Å². The highest BCUT2D eigenvalue weighted by atomic mass is 32.2. The van der Waals surface area contributed by atoms with Gasteiger partial charge in [-0.2, -0.15) is 0 Å². The summed E-state index contributed by atoms with van der Waals surface area (Å²) in [4.78, 5) is 22.9. The Kier molecular flexibility index (Phi) is 6.75. The van der Waals surface area contributed by atoms with Gasteiger partial charge in [0.25, 0.3) is 0 Å². The van der Waals surface area contributed by atoms with Crippen molar-refractivity contribution in [3.8, 4) is 0 Å². The van der Waals surface area contributed by atoms with Crippen LogP contribution >= 0.6 is 11.3 Å². The first kappa shape index (κ1) is 22.9. The van der Waals surface area contributed by atoms with Crippen molar-refractivity contribution in [1.82, 2.24) is 9.97 Å². The Morgan fingerprint density at radius 3 is 2.52 bits per heavy atom. The van der Waals surface area contributed by atoms with Crippen LogP contribution in [0.2, 0.25) is 0 Å². The normalized spacial score (nSPS) is 11.6. The second-order valence-electron chi connectivity index (χ2n) is 7.30. The molecule has 0 N–H and O–H groups in total. The maximum absolute atomic E-state index is 14.2. The monoisotopic (exact) mass is 487 g/mol. The van der Waals surface area contributed by atoms with Crippen LogP contribution in [0.15, 0.2) is 71.9 Å². The zero-order valence-corrected chi connectivity index (χ0v) is 19.0. The molecule has 0 saturated heterocycles. The van der Waals surface area contributed by atoms with E-state index in [9.17, 15) is 22.0 Å². The number of para-hydroxylation sites is 1. The summed E-state index contributed by atoms with van der Waals surface area (Å²) in [5.41, 5.74) is 0.935. The van der Waals surface area contributed by atoms with Crippen LogP contribution in [0, 0.1) is 11.6 Å². The van der Waals surface area contributed by atoms with Crippen molar-refractivity contribution in [3.63, 3.8) is 0 Å². The van der Waals surface area contributed by atoms with E-state index >= 15 is 0 Å². The van der Waals surface area contributed by atoms with Gasteiger partial charge in [0.05, 0.1) is 21.9 Å². The van der Waals surface area contributed by atoms with Crippen molar-refractivity contribution in [2.45, 2.75) is 24.3 Å². The molecule has 0 spiro atoms. The average molecular weight is 488 g/mol. The molecule has 0 aliphatic rings. The van der Waals surface area contributed by atoms with Crippen molar-refractivity contribution in [1.29, 1.82) is 0 Å². The van der Waals surface area contributed by atoms with Crippen molar-refractivity contribution in [2.75, 3.05) is 10.7 Å². The molecule has 0 radical (unpaired) electrons. The number of sulfone groups is 1. The van der Waals surface area contributed by atoms with Gasteiger partial charge in [0, 0.05) is 18.8 Å². The number of carbonyl (C=O) groups is 1. The van der Waals surface area contributed by atoms with Crippen molar-refractivity contribution in [3.05, 3.63) is 84.2 Å². The fourth-order valence-corrected chi connectivity index (χ4v) is 5.57. The summed E-state index contributed by atoms with van der Waals surface area (Å²) in [6, 6.07) is 12.7. The molecule has 6 nitrogen and oxygen atoms in total. The van der Waals surface area contributed by atoms with Gasteiger partial charge >= 0.3 is 0 Å². The number of carbonyl (C=O) groups excluding carboxylic acids is 1. The Hall–Kier alpha value is -3.24. The molecule has 4 aromatic rings. The summed E-state index contributed by atoms with van der Waals surface area (Å²) in [5, 5.41) is 0.324. The van der Waals surface area contributed by atoms with E-state index in [0.29, 0.717) is 9.83 Å². The third kappa shape index (κ3) is 5.40. The van der Waals surface area contributed by atoms with Crippen LogP contribution in [0.4, 0.5) is 13.9 Å². The number of anilines is 1. The first-order valence-electron chi connectivity index (χ1n) is 10.1. The quantitative estimate of drug-likeness (QED) is 0.335. The Balaban J connectivity index is 1.53. The lowest BCUT2D eigenvalue weighted by molar-refractivity contribution is -0.118. The Morgan fingerprint density at radius 2 is 1.82 bits per heavy atom. The Morgan fingerprint density at radius 1 is 1.03 bits per heavy atom. The summed E-state index contributed by atoms with van der Waals surface area (Å²) in [6.07, 6.45) is 3.25. The molecule has 0 bridgehead atoms. The third-order valence-electron chi connectivity index (χ3n) is 4.93. The summed E-state index contributed by atoms with van der Waals surface area (Å²) in [6.45, 7) is 0.166. The smallest absolute Gasteiger partial charge is 0.229 e. The molecule has 1 amide bonds. The van der Waals surface area contributed by atoms with Crippen molar-refractivity contribution < 1.29 is 22.0 Å². The van der Waals surface area contributed by atoms with Gasteiger partial charge in [-0.05, 0) is 54.4 Å². The van der Waals surface area contributed by atoms with E-state index in [1.165, 1.54) is 34.4 Å². The van der Waals surface area contributed by atoms with Crippen molar-refractivity contribution >= 4 is 42.4 Å². The molecule has 0 fully saturated rings. The Labute approximate surface area is 193 Å². The van der Waals surface area contributed by atoms with Gasteiger partial charge in [-0.15, -0.1) is 0 Å². The van der Waals surface area contributed by atoms with E-state index in [1.54, 1.807) is 36.7 Å². The van der Waals surface area contributed by atoms with Crippen LogP contribution in [0.3, 0.4) is 0 Å². The molecule has 0 saturated carbocycles. The number of fused-ring (bicyclic) bond motifs is 1. The first-order chi connectivity index (χ1) is 15.8. The number of nitrogens with zero attached hydrogens (tertiary/aromatic N) is 3.